The van der Waals surface area contributed by atoms with Crippen molar-refractivity contribution in [1.82, 2.24) is 4.90 Å². The molecule has 1 amide bonds. The summed E-state index contributed by atoms with van der Waals surface area (Å²) in [5.74, 6) is -0.547. The minimum atomic E-state index is -0.408. The van der Waals surface area contributed by atoms with Crippen molar-refractivity contribution < 1.29 is 9.18 Å². The van der Waals surface area contributed by atoms with Crippen molar-refractivity contribution in [3.63, 3.8) is 0 Å². The molecule has 0 aliphatic rings. The van der Waals surface area contributed by atoms with Gasteiger partial charge in [-0.1, -0.05) is 13.3 Å². The van der Waals surface area contributed by atoms with Gasteiger partial charge in [0.05, 0.1) is 4.47 Å². The third kappa shape index (κ3) is 3.30. The Balaban J connectivity index is 2.76. The van der Waals surface area contributed by atoms with Gasteiger partial charge in [-0.05, 0) is 40.5 Å². The number of hydrogen-bond acceptors (Lipinski definition) is 1. The van der Waals surface area contributed by atoms with E-state index < -0.39 is 5.82 Å². The molecule has 0 aliphatic heterocycles. The summed E-state index contributed by atoms with van der Waals surface area (Å²) in [5.41, 5.74) is 0.388. The second-order valence-corrected chi connectivity index (χ2v) is 4.56. The average molecular weight is 288 g/mol. The second kappa shape index (κ2) is 5.99. The summed E-state index contributed by atoms with van der Waals surface area (Å²) in [5, 5.41) is 0. The lowest BCUT2D eigenvalue weighted by atomic mass is 10.2. The molecule has 0 heterocycles. The maximum atomic E-state index is 13.2. The van der Waals surface area contributed by atoms with E-state index in [-0.39, 0.29) is 5.91 Å². The first-order valence-corrected chi connectivity index (χ1v) is 6.06. The number of rotatable bonds is 4. The smallest absolute Gasteiger partial charge is 0.253 e. The number of amides is 1. The molecule has 0 radical (unpaired) electrons. The van der Waals surface area contributed by atoms with Crippen LogP contribution in [-0.2, 0) is 0 Å². The van der Waals surface area contributed by atoms with Gasteiger partial charge < -0.3 is 4.90 Å². The summed E-state index contributed by atoms with van der Waals surface area (Å²) >= 11 is 3.06. The molecule has 2 nitrogen and oxygen atoms in total. The molecule has 1 aromatic carbocycles. The van der Waals surface area contributed by atoms with E-state index in [1.165, 1.54) is 6.07 Å². The van der Waals surface area contributed by atoms with Crippen molar-refractivity contribution in [3.05, 3.63) is 34.1 Å². The van der Waals surface area contributed by atoms with E-state index >= 15 is 0 Å². The third-order valence-electron chi connectivity index (χ3n) is 2.36. The Morgan fingerprint density at radius 1 is 1.50 bits per heavy atom. The van der Waals surface area contributed by atoms with Crippen molar-refractivity contribution in [2.24, 2.45) is 0 Å². The Kier molecular flexibility index (Phi) is 4.93. The zero-order chi connectivity index (χ0) is 12.1. The number of unbranched alkanes of at least 4 members (excludes halogenated alkanes) is 1. The van der Waals surface area contributed by atoms with Crippen LogP contribution < -0.4 is 0 Å². The van der Waals surface area contributed by atoms with Crippen LogP contribution in [0, 0.1) is 5.82 Å². The monoisotopic (exact) mass is 287 g/mol. The Labute approximate surface area is 104 Å². The molecule has 0 saturated carbocycles. The summed E-state index contributed by atoms with van der Waals surface area (Å²) in [4.78, 5) is 13.5. The molecule has 16 heavy (non-hydrogen) atoms. The quantitative estimate of drug-likeness (QED) is 0.831. The van der Waals surface area contributed by atoms with Crippen LogP contribution in [0.15, 0.2) is 22.7 Å². The summed E-state index contributed by atoms with van der Waals surface area (Å²) in [7, 11) is 1.73. The van der Waals surface area contributed by atoms with E-state index in [1.54, 1.807) is 24.1 Å². The maximum Gasteiger partial charge on any atom is 0.253 e. The lowest BCUT2D eigenvalue weighted by Gasteiger charge is -2.16. The van der Waals surface area contributed by atoms with Crippen molar-refractivity contribution in [2.75, 3.05) is 13.6 Å². The molecule has 0 unspecified atom stereocenters. The molecular weight excluding hydrogens is 273 g/mol. The normalized spacial score (nSPS) is 10.2. The van der Waals surface area contributed by atoms with Crippen LogP contribution in [0.4, 0.5) is 4.39 Å². The Morgan fingerprint density at radius 3 is 2.75 bits per heavy atom. The number of benzene rings is 1. The van der Waals surface area contributed by atoms with Crippen LogP contribution in [-0.4, -0.2) is 24.4 Å². The van der Waals surface area contributed by atoms with Gasteiger partial charge in [0.1, 0.15) is 5.82 Å². The SMILES string of the molecule is CCCCN(C)C(=O)c1ccc(Br)c(F)c1. The molecule has 0 saturated heterocycles. The largest absolute Gasteiger partial charge is 0.342 e. The first kappa shape index (κ1) is 13.2. The highest BCUT2D eigenvalue weighted by Gasteiger charge is 2.12. The number of halogens is 2. The van der Waals surface area contributed by atoms with Gasteiger partial charge in [-0.15, -0.1) is 0 Å². The first-order valence-electron chi connectivity index (χ1n) is 5.26. The highest BCUT2D eigenvalue weighted by Crippen LogP contribution is 2.17. The molecule has 1 aromatic rings. The van der Waals surface area contributed by atoms with Crippen LogP contribution in [0.25, 0.3) is 0 Å². The second-order valence-electron chi connectivity index (χ2n) is 3.71. The van der Waals surface area contributed by atoms with Crippen LogP contribution in [0.5, 0.6) is 0 Å². The predicted molar refractivity (Wildman–Crippen MR) is 66.0 cm³/mol. The first-order chi connectivity index (χ1) is 7.56. The van der Waals surface area contributed by atoms with E-state index in [9.17, 15) is 9.18 Å². The van der Waals surface area contributed by atoms with Gasteiger partial charge in [-0.25, -0.2) is 4.39 Å². The van der Waals surface area contributed by atoms with Gasteiger partial charge in [-0.3, -0.25) is 4.79 Å². The van der Waals surface area contributed by atoms with E-state index in [0.717, 1.165) is 12.8 Å². The minimum absolute atomic E-state index is 0.139. The summed E-state index contributed by atoms with van der Waals surface area (Å²) < 4.78 is 13.6. The van der Waals surface area contributed by atoms with Gasteiger partial charge in [0.25, 0.3) is 5.91 Å². The fourth-order valence-electron chi connectivity index (χ4n) is 1.35. The number of carbonyl (C=O) groups is 1. The zero-order valence-corrected chi connectivity index (χ0v) is 11.1. The van der Waals surface area contributed by atoms with Gasteiger partial charge >= 0.3 is 0 Å². The average Bonchev–Trinajstić information content (AvgIpc) is 2.28. The van der Waals surface area contributed by atoms with Gasteiger partial charge in [0.15, 0.2) is 0 Å². The lowest BCUT2D eigenvalue weighted by Crippen LogP contribution is -2.27. The minimum Gasteiger partial charge on any atom is -0.342 e. The molecule has 88 valence electrons. The summed E-state index contributed by atoms with van der Waals surface area (Å²) in [6, 6.07) is 4.43. The molecule has 0 spiro atoms. The van der Waals surface area contributed by atoms with E-state index in [2.05, 4.69) is 22.9 Å². The zero-order valence-electron chi connectivity index (χ0n) is 9.46. The molecule has 0 aliphatic carbocycles. The molecule has 0 fully saturated rings. The van der Waals surface area contributed by atoms with Crippen molar-refractivity contribution in [2.45, 2.75) is 19.8 Å². The highest BCUT2D eigenvalue weighted by atomic mass is 79.9. The molecule has 0 N–H and O–H groups in total. The fourth-order valence-corrected chi connectivity index (χ4v) is 1.59. The van der Waals surface area contributed by atoms with Gasteiger partial charge in [0.2, 0.25) is 0 Å². The van der Waals surface area contributed by atoms with Gasteiger partial charge in [-0.2, -0.15) is 0 Å². The van der Waals surface area contributed by atoms with E-state index in [0.29, 0.717) is 16.6 Å². The van der Waals surface area contributed by atoms with Crippen molar-refractivity contribution >= 4 is 21.8 Å². The maximum absolute atomic E-state index is 13.2. The van der Waals surface area contributed by atoms with E-state index in [1.807, 2.05) is 0 Å². The van der Waals surface area contributed by atoms with Crippen LogP contribution in [0.2, 0.25) is 0 Å². The molecule has 0 aromatic heterocycles. The van der Waals surface area contributed by atoms with Crippen LogP contribution in [0.3, 0.4) is 0 Å². The summed E-state index contributed by atoms with van der Waals surface area (Å²) in [6.45, 7) is 2.77. The topological polar surface area (TPSA) is 20.3 Å². The fraction of sp³-hybridized carbons (Fsp3) is 0.417. The number of nitrogens with zero attached hydrogens (tertiary/aromatic N) is 1. The lowest BCUT2D eigenvalue weighted by molar-refractivity contribution is 0.0793. The predicted octanol–water partition coefficient (Wildman–Crippen LogP) is 3.46. The van der Waals surface area contributed by atoms with Crippen molar-refractivity contribution in [3.8, 4) is 0 Å². The molecular formula is C12H15BrFNO. The van der Waals surface area contributed by atoms with Crippen LogP contribution in [0.1, 0.15) is 30.1 Å². The van der Waals surface area contributed by atoms with Gasteiger partial charge in [0, 0.05) is 19.2 Å². The molecule has 0 bridgehead atoms. The highest BCUT2D eigenvalue weighted by molar-refractivity contribution is 9.10. The number of hydrogen-bond donors (Lipinski definition) is 0. The number of carbonyl (C=O) groups excluding carboxylic acids is 1. The molecule has 0 atom stereocenters. The summed E-state index contributed by atoms with van der Waals surface area (Å²) in [6.07, 6.45) is 1.99. The Morgan fingerprint density at radius 2 is 2.19 bits per heavy atom. The third-order valence-corrected chi connectivity index (χ3v) is 3.00. The Hall–Kier alpha value is -0.900. The standard InChI is InChI=1S/C12H15BrFNO/c1-3-4-7-15(2)12(16)9-5-6-10(13)11(14)8-9/h5-6,8H,3-4,7H2,1-2H3. The van der Waals surface area contributed by atoms with Crippen LogP contribution >= 0.6 is 15.9 Å². The van der Waals surface area contributed by atoms with E-state index in [4.69, 9.17) is 0 Å². The molecule has 4 heteroatoms. The Bertz CT molecular complexity index is 381. The van der Waals surface area contributed by atoms with Crippen molar-refractivity contribution in [1.29, 1.82) is 0 Å². The molecule has 1 rings (SSSR count).